The van der Waals surface area contributed by atoms with E-state index < -0.39 is 6.10 Å². The molecule has 0 radical (unpaired) electrons. The predicted octanol–water partition coefficient (Wildman–Crippen LogP) is 2.13. The van der Waals surface area contributed by atoms with Crippen molar-refractivity contribution in [2.45, 2.75) is 45.1 Å². The maximum atomic E-state index is 12.1. The average molecular weight is 343 g/mol. The quantitative estimate of drug-likeness (QED) is 0.797. The summed E-state index contributed by atoms with van der Waals surface area (Å²) in [7, 11) is 0. The van der Waals surface area contributed by atoms with Crippen LogP contribution in [0.1, 0.15) is 30.9 Å². The number of amides is 1. The summed E-state index contributed by atoms with van der Waals surface area (Å²) in [6, 6.07) is 10.2. The van der Waals surface area contributed by atoms with E-state index in [0.717, 1.165) is 31.6 Å². The van der Waals surface area contributed by atoms with Gasteiger partial charge in [-0.2, -0.15) is 5.10 Å². The Labute approximate surface area is 148 Å². The number of hydrogen-bond donors (Lipinski definition) is 1. The van der Waals surface area contributed by atoms with Crippen molar-refractivity contribution in [3.05, 3.63) is 53.9 Å². The van der Waals surface area contributed by atoms with E-state index in [1.807, 2.05) is 29.1 Å². The summed E-state index contributed by atoms with van der Waals surface area (Å²) in [5, 5.41) is 7.23. The first-order chi connectivity index (χ1) is 12.2. The van der Waals surface area contributed by atoms with Crippen molar-refractivity contribution in [3.63, 3.8) is 0 Å². The second-order valence-electron chi connectivity index (χ2n) is 6.36. The Balaban J connectivity index is 1.41. The molecule has 1 aromatic heterocycles. The van der Waals surface area contributed by atoms with E-state index in [1.165, 1.54) is 5.56 Å². The van der Waals surface area contributed by atoms with E-state index in [9.17, 15) is 4.79 Å². The molecule has 1 aromatic carbocycles. The van der Waals surface area contributed by atoms with Crippen LogP contribution in [-0.2, 0) is 27.4 Å². The molecule has 1 amide bonds. The normalized spacial score (nSPS) is 18.2. The first kappa shape index (κ1) is 17.6. The molecule has 2 aromatic rings. The molecule has 6 heteroatoms. The fraction of sp³-hybridized carbons (Fsp3) is 0.474. The van der Waals surface area contributed by atoms with E-state index in [-0.39, 0.29) is 12.0 Å². The molecule has 0 spiro atoms. The van der Waals surface area contributed by atoms with Crippen LogP contribution in [-0.4, -0.2) is 41.1 Å². The molecule has 1 saturated heterocycles. The van der Waals surface area contributed by atoms with Crippen LogP contribution in [0, 0.1) is 0 Å². The second-order valence-corrected chi connectivity index (χ2v) is 6.36. The number of hydrogen-bond acceptors (Lipinski definition) is 4. The molecule has 0 unspecified atom stereocenters. The van der Waals surface area contributed by atoms with Gasteiger partial charge in [0.2, 0.25) is 5.91 Å². The smallest absolute Gasteiger partial charge is 0.249 e. The highest BCUT2D eigenvalue weighted by molar-refractivity contribution is 5.80. The van der Waals surface area contributed by atoms with Crippen LogP contribution < -0.4 is 5.32 Å². The molecule has 6 nitrogen and oxygen atoms in total. The topological polar surface area (TPSA) is 65.4 Å². The third-order valence-corrected chi connectivity index (χ3v) is 4.27. The first-order valence-corrected chi connectivity index (χ1v) is 8.77. The van der Waals surface area contributed by atoms with Gasteiger partial charge in [-0.1, -0.05) is 30.3 Å². The summed E-state index contributed by atoms with van der Waals surface area (Å²) in [6.45, 7) is 4.20. The maximum Gasteiger partial charge on any atom is 0.249 e. The van der Waals surface area contributed by atoms with Gasteiger partial charge in [0.25, 0.3) is 0 Å². The molecule has 2 atom stereocenters. The Morgan fingerprint density at radius 3 is 3.00 bits per heavy atom. The highest BCUT2D eigenvalue weighted by Gasteiger charge is 2.19. The van der Waals surface area contributed by atoms with Gasteiger partial charge in [-0.25, -0.2) is 0 Å². The van der Waals surface area contributed by atoms with Crippen LogP contribution in [0.15, 0.2) is 42.7 Å². The Morgan fingerprint density at radius 2 is 2.24 bits per heavy atom. The number of nitrogens with zero attached hydrogens (tertiary/aromatic N) is 2. The van der Waals surface area contributed by atoms with E-state index in [0.29, 0.717) is 13.2 Å². The minimum Gasteiger partial charge on any atom is -0.376 e. The van der Waals surface area contributed by atoms with Crippen molar-refractivity contribution < 1.29 is 14.3 Å². The molecule has 0 aliphatic carbocycles. The standard InChI is InChI=1S/C19H25N3O3/c1-15(25-14-18-8-5-9-24-18)19(23)20-10-17-11-21-22(13-17)12-16-6-3-2-4-7-16/h2-4,6-7,11,13,15,18H,5,8-10,12,14H2,1H3,(H,20,23)/t15-,18+/m1/s1. The number of carbonyl (C=O) groups is 1. The van der Waals surface area contributed by atoms with E-state index >= 15 is 0 Å². The summed E-state index contributed by atoms with van der Waals surface area (Å²) in [5.41, 5.74) is 2.16. The predicted molar refractivity (Wildman–Crippen MR) is 94.0 cm³/mol. The van der Waals surface area contributed by atoms with Crippen molar-refractivity contribution in [1.82, 2.24) is 15.1 Å². The zero-order chi connectivity index (χ0) is 17.5. The highest BCUT2D eigenvalue weighted by Crippen LogP contribution is 2.12. The zero-order valence-corrected chi connectivity index (χ0v) is 14.6. The van der Waals surface area contributed by atoms with Crippen LogP contribution in [0.25, 0.3) is 0 Å². The van der Waals surface area contributed by atoms with Gasteiger partial charge in [-0.3, -0.25) is 9.48 Å². The Morgan fingerprint density at radius 1 is 1.40 bits per heavy atom. The van der Waals surface area contributed by atoms with Gasteiger partial charge in [0.1, 0.15) is 6.10 Å². The van der Waals surface area contributed by atoms with Crippen molar-refractivity contribution >= 4 is 5.91 Å². The zero-order valence-electron chi connectivity index (χ0n) is 14.6. The van der Waals surface area contributed by atoms with Crippen molar-refractivity contribution in [3.8, 4) is 0 Å². The second kappa shape index (κ2) is 8.78. The number of aromatic nitrogens is 2. The van der Waals surface area contributed by atoms with Crippen molar-refractivity contribution in [2.75, 3.05) is 13.2 Å². The van der Waals surface area contributed by atoms with Crippen molar-refractivity contribution in [1.29, 1.82) is 0 Å². The molecule has 134 valence electrons. The third kappa shape index (κ3) is 5.41. The van der Waals surface area contributed by atoms with Crippen LogP contribution >= 0.6 is 0 Å². The monoisotopic (exact) mass is 343 g/mol. The van der Waals surface area contributed by atoms with Crippen molar-refractivity contribution in [2.24, 2.45) is 0 Å². The maximum absolute atomic E-state index is 12.1. The summed E-state index contributed by atoms with van der Waals surface area (Å²) >= 11 is 0. The van der Waals surface area contributed by atoms with Gasteiger partial charge in [0.05, 0.1) is 25.5 Å². The largest absolute Gasteiger partial charge is 0.376 e. The minimum absolute atomic E-state index is 0.117. The third-order valence-electron chi connectivity index (χ3n) is 4.27. The number of nitrogens with one attached hydrogen (secondary N) is 1. The fourth-order valence-corrected chi connectivity index (χ4v) is 2.79. The molecular weight excluding hydrogens is 318 g/mol. The lowest BCUT2D eigenvalue weighted by molar-refractivity contribution is -0.133. The minimum atomic E-state index is -0.483. The molecule has 3 rings (SSSR count). The Kier molecular flexibility index (Phi) is 6.19. The average Bonchev–Trinajstić information content (AvgIpc) is 3.30. The number of rotatable bonds is 8. The first-order valence-electron chi connectivity index (χ1n) is 8.77. The molecule has 25 heavy (non-hydrogen) atoms. The summed E-state index contributed by atoms with van der Waals surface area (Å²) in [5.74, 6) is -0.117. The van der Waals surface area contributed by atoms with E-state index in [4.69, 9.17) is 9.47 Å². The van der Waals surface area contributed by atoms with Gasteiger partial charge in [0, 0.05) is 24.9 Å². The van der Waals surface area contributed by atoms with Gasteiger partial charge >= 0.3 is 0 Å². The van der Waals surface area contributed by atoms with Crippen LogP contribution in [0.5, 0.6) is 0 Å². The SMILES string of the molecule is C[C@@H](OC[C@@H]1CCCO1)C(=O)NCc1cnn(Cc2ccccc2)c1. The van der Waals surface area contributed by atoms with Gasteiger partial charge in [-0.05, 0) is 25.3 Å². The summed E-state index contributed by atoms with van der Waals surface area (Å²) in [4.78, 5) is 12.1. The highest BCUT2D eigenvalue weighted by atomic mass is 16.5. The van der Waals surface area contributed by atoms with Gasteiger partial charge < -0.3 is 14.8 Å². The summed E-state index contributed by atoms with van der Waals surface area (Å²) in [6.07, 6.45) is 5.46. The lowest BCUT2D eigenvalue weighted by atomic mass is 10.2. The molecule has 1 aliphatic rings. The molecule has 1 fully saturated rings. The van der Waals surface area contributed by atoms with E-state index in [2.05, 4.69) is 22.5 Å². The number of ether oxygens (including phenoxy) is 2. The molecule has 1 N–H and O–H groups in total. The van der Waals surface area contributed by atoms with Crippen LogP contribution in [0.4, 0.5) is 0 Å². The molecular formula is C19H25N3O3. The lowest BCUT2D eigenvalue weighted by Gasteiger charge is -2.15. The van der Waals surface area contributed by atoms with Crippen LogP contribution in [0.3, 0.4) is 0 Å². The van der Waals surface area contributed by atoms with Crippen LogP contribution in [0.2, 0.25) is 0 Å². The Hall–Kier alpha value is -2.18. The molecule has 0 bridgehead atoms. The number of carbonyl (C=O) groups excluding carboxylic acids is 1. The van der Waals surface area contributed by atoms with Gasteiger partial charge in [-0.15, -0.1) is 0 Å². The Bertz CT molecular complexity index is 666. The number of benzene rings is 1. The van der Waals surface area contributed by atoms with Gasteiger partial charge in [0.15, 0.2) is 0 Å². The summed E-state index contributed by atoms with van der Waals surface area (Å²) < 4.78 is 13.0. The van der Waals surface area contributed by atoms with E-state index in [1.54, 1.807) is 13.1 Å². The molecule has 2 heterocycles. The fourth-order valence-electron chi connectivity index (χ4n) is 2.79. The molecule has 1 aliphatic heterocycles. The lowest BCUT2D eigenvalue weighted by Crippen LogP contribution is -2.35. The molecule has 0 saturated carbocycles.